The van der Waals surface area contributed by atoms with Gasteiger partial charge in [0.25, 0.3) is 0 Å². The number of rotatable bonds is 1. The van der Waals surface area contributed by atoms with E-state index in [-0.39, 0.29) is 11.1 Å². The summed E-state index contributed by atoms with van der Waals surface area (Å²) in [6.45, 7) is 0. The van der Waals surface area contributed by atoms with Crippen LogP contribution in [-0.2, 0) is 0 Å². The van der Waals surface area contributed by atoms with Gasteiger partial charge in [-0.05, 0) is 30.3 Å². The first-order valence-electron chi connectivity index (χ1n) is 4.77. The summed E-state index contributed by atoms with van der Waals surface area (Å²) in [5.74, 6) is -1.04. The zero-order valence-corrected chi connectivity index (χ0v) is 9.30. The molecule has 1 nitrogen and oxygen atoms in total. The molecule has 0 atom stereocenters. The van der Waals surface area contributed by atoms with Crippen LogP contribution < -0.4 is 0 Å². The van der Waals surface area contributed by atoms with Crippen LogP contribution in [0.15, 0.2) is 36.4 Å². The van der Waals surface area contributed by atoms with Crippen LogP contribution in [0.5, 0.6) is 0 Å². The maximum atomic E-state index is 13.6. The first kappa shape index (κ1) is 11.6. The van der Waals surface area contributed by atoms with Gasteiger partial charge >= 0.3 is 0 Å². The molecule has 0 spiro atoms. The average Bonchev–Trinajstić information content (AvgIpc) is 2.32. The lowest BCUT2D eigenvalue weighted by atomic mass is 10.00. The Morgan fingerprint density at radius 2 is 1.76 bits per heavy atom. The van der Waals surface area contributed by atoms with Crippen LogP contribution >= 0.6 is 11.6 Å². The summed E-state index contributed by atoms with van der Waals surface area (Å²) in [5.41, 5.74) is 0.592. The second kappa shape index (κ2) is 4.52. The summed E-state index contributed by atoms with van der Waals surface area (Å²) < 4.78 is 26.6. The highest BCUT2D eigenvalue weighted by Crippen LogP contribution is 2.29. The van der Waals surface area contributed by atoms with E-state index in [4.69, 9.17) is 16.9 Å². The lowest BCUT2D eigenvalue weighted by molar-refractivity contribution is 0.625. The molecule has 0 radical (unpaired) electrons. The van der Waals surface area contributed by atoms with Crippen LogP contribution in [0.25, 0.3) is 11.1 Å². The van der Waals surface area contributed by atoms with Gasteiger partial charge in [-0.1, -0.05) is 17.7 Å². The highest BCUT2D eigenvalue weighted by atomic mass is 35.5. The molecule has 0 saturated heterocycles. The van der Waals surface area contributed by atoms with E-state index in [1.165, 1.54) is 30.3 Å². The molecule has 0 unspecified atom stereocenters. The van der Waals surface area contributed by atoms with Gasteiger partial charge in [-0.25, -0.2) is 8.78 Å². The summed E-state index contributed by atoms with van der Waals surface area (Å²) in [4.78, 5) is 0. The summed E-state index contributed by atoms with van der Waals surface area (Å²) >= 11 is 5.77. The van der Waals surface area contributed by atoms with E-state index in [1.54, 1.807) is 0 Å². The molecule has 0 aliphatic heterocycles. The largest absolute Gasteiger partial charge is 0.207 e. The molecule has 2 aromatic rings. The second-order valence-corrected chi connectivity index (χ2v) is 3.86. The fourth-order valence-electron chi connectivity index (χ4n) is 1.55. The molecular weight excluding hydrogens is 244 g/mol. The highest BCUT2D eigenvalue weighted by molar-refractivity contribution is 6.30. The molecule has 0 aromatic heterocycles. The Labute approximate surface area is 102 Å². The summed E-state index contributed by atoms with van der Waals surface area (Å²) in [5, 5.41) is 9.25. The van der Waals surface area contributed by atoms with Crippen molar-refractivity contribution in [1.29, 1.82) is 5.26 Å². The topological polar surface area (TPSA) is 23.8 Å². The summed E-state index contributed by atoms with van der Waals surface area (Å²) in [6, 6.07) is 9.47. The first-order chi connectivity index (χ1) is 8.11. The minimum atomic E-state index is -0.535. The van der Waals surface area contributed by atoms with E-state index in [1.807, 2.05) is 6.07 Å². The Morgan fingerprint density at radius 3 is 2.47 bits per heavy atom. The van der Waals surface area contributed by atoms with Crippen LogP contribution in [0.1, 0.15) is 5.56 Å². The van der Waals surface area contributed by atoms with Crippen molar-refractivity contribution < 1.29 is 8.78 Å². The van der Waals surface area contributed by atoms with Gasteiger partial charge in [0, 0.05) is 16.1 Å². The van der Waals surface area contributed by atoms with Gasteiger partial charge in [-0.15, -0.1) is 0 Å². The van der Waals surface area contributed by atoms with Crippen LogP contribution in [-0.4, -0.2) is 0 Å². The lowest BCUT2D eigenvalue weighted by Crippen LogP contribution is -1.90. The van der Waals surface area contributed by atoms with Crippen molar-refractivity contribution in [2.75, 3.05) is 0 Å². The average molecular weight is 250 g/mol. The predicted octanol–water partition coefficient (Wildman–Crippen LogP) is 4.16. The highest BCUT2D eigenvalue weighted by Gasteiger charge is 2.11. The molecule has 4 heteroatoms. The Kier molecular flexibility index (Phi) is 3.08. The minimum Gasteiger partial charge on any atom is -0.207 e. The molecule has 84 valence electrons. The number of hydrogen-bond donors (Lipinski definition) is 0. The number of nitriles is 1. The Hall–Kier alpha value is -1.92. The van der Waals surface area contributed by atoms with Crippen LogP contribution in [0, 0.1) is 23.0 Å². The Bertz CT molecular complexity index is 617. The maximum Gasteiger partial charge on any atom is 0.131 e. The van der Waals surface area contributed by atoms with Gasteiger partial charge in [0.05, 0.1) is 11.6 Å². The van der Waals surface area contributed by atoms with Crippen molar-refractivity contribution >= 4 is 11.6 Å². The third-order valence-electron chi connectivity index (χ3n) is 2.32. The lowest BCUT2D eigenvalue weighted by Gasteiger charge is -2.06. The molecule has 0 N–H and O–H groups in total. The van der Waals surface area contributed by atoms with Crippen molar-refractivity contribution in [3.8, 4) is 17.2 Å². The fourth-order valence-corrected chi connectivity index (χ4v) is 1.72. The molecule has 2 aromatic carbocycles. The van der Waals surface area contributed by atoms with Crippen molar-refractivity contribution in [1.82, 2.24) is 0 Å². The molecule has 0 aliphatic rings. The smallest absolute Gasteiger partial charge is 0.131 e. The van der Waals surface area contributed by atoms with Crippen molar-refractivity contribution in [3.63, 3.8) is 0 Å². The van der Waals surface area contributed by atoms with E-state index < -0.39 is 11.6 Å². The molecule has 0 amide bonds. The van der Waals surface area contributed by atoms with E-state index in [0.29, 0.717) is 10.6 Å². The zero-order chi connectivity index (χ0) is 12.4. The molecule has 0 fully saturated rings. The molecule has 2 rings (SSSR count). The van der Waals surface area contributed by atoms with Crippen molar-refractivity contribution in [3.05, 3.63) is 58.6 Å². The molecule has 0 saturated carbocycles. The van der Waals surface area contributed by atoms with E-state index >= 15 is 0 Å². The number of nitrogens with zero attached hydrogens (tertiary/aromatic N) is 1. The Balaban J connectivity index is 2.69. The van der Waals surface area contributed by atoms with E-state index in [9.17, 15) is 8.78 Å². The van der Waals surface area contributed by atoms with Gasteiger partial charge in [-0.3, -0.25) is 0 Å². The second-order valence-electron chi connectivity index (χ2n) is 3.43. The first-order valence-corrected chi connectivity index (χ1v) is 5.14. The van der Waals surface area contributed by atoms with Crippen molar-refractivity contribution in [2.45, 2.75) is 0 Å². The molecule has 0 bridgehead atoms. The van der Waals surface area contributed by atoms with Crippen molar-refractivity contribution in [2.24, 2.45) is 0 Å². The monoisotopic (exact) mass is 249 g/mol. The van der Waals surface area contributed by atoms with Gasteiger partial charge in [0.2, 0.25) is 0 Å². The Morgan fingerprint density at radius 1 is 1.00 bits per heavy atom. The number of hydrogen-bond acceptors (Lipinski definition) is 1. The third kappa shape index (κ3) is 2.27. The zero-order valence-electron chi connectivity index (χ0n) is 8.55. The van der Waals surface area contributed by atoms with Gasteiger partial charge in [0.15, 0.2) is 0 Å². The van der Waals surface area contributed by atoms with Crippen LogP contribution in [0.4, 0.5) is 8.78 Å². The van der Waals surface area contributed by atoms with Gasteiger partial charge in [-0.2, -0.15) is 5.26 Å². The minimum absolute atomic E-state index is 0.0752. The van der Waals surface area contributed by atoms with Gasteiger partial charge in [0.1, 0.15) is 11.6 Å². The maximum absolute atomic E-state index is 13.6. The quantitative estimate of drug-likeness (QED) is 0.745. The predicted molar refractivity (Wildman–Crippen MR) is 61.5 cm³/mol. The van der Waals surface area contributed by atoms with E-state index in [2.05, 4.69) is 0 Å². The third-order valence-corrected chi connectivity index (χ3v) is 2.56. The van der Waals surface area contributed by atoms with Crippen LogP contribution in [0.2, 0.25) is 5.02 Å². The fraction of sp³-hybridized carbons (Fsp3) is 0. The van der Waals surface area contributed by atoms with Gasteiger partial charge < -0.3 is 0 Å². The standard InChI is InChI=1S/C13H6ClF2N/c14-9-1-4-13(16)12(6-9)11-3-2-10(15)5-8(11)7-17/h1-6H. The number of benzene rings is 2. The van der Waals surface area contributed by atoms with Crippen LogP contribution in [0.3, 0.4) is 0 Å². The summed E-state index contributed by atoms with van der Waals surface area (Å²) in [6.07, 6.45) is 0. The molecule has 0 aliphatic carbocycles. The SMILES string of the molecule is N#Cc1cc(F)ccc1-c1cc(Cl)ccc1F. The summed E-state index contributed by atoms with van der Waals surface area (Å²) in [7, 11) is 0. The normalized spacial score (nSPS) is 10.0. The van der Waals surface area contributed by atoms with E-state index in [0.717, 1.165) is 6.07 Å². The molecular formula is C13H6ClF2N. The molecule has 0 heterocycles. The molecule has 17 heavy (non-hydrogen) atoms. The number of halogens is 3.